The van der Waals surface area contributed by atoms with E-state index in [1.54, 1.807) is 18.2 Å². The molecule has 5 nitrogen and oxygen atoms in total. The Bertz CT molecular complexity index is 873. The molecule has 0 spiro atoms. The molecule has 0 radical (unpaired) electrons. The van der Waals surface area contributed by atoms with Crippen molar-refractivity contribution >= 4 is 52.1 Å². The molecule has 0 aliphatic carbocycles. The first-order valence-corrected chi connectivity index (χ1v) is 10.1. The van der Waals surface area contributed by atoms with Crippen LogP contribution in [0.25, 0.3) is 0 Å². The summed E-state index contributed by atoms with van der Waals surface area (Å²) in [6.45, 7) is 6.50. The van der Waals surface area contributed by atoms with Gasteiger partial charge < -0.3 is 20.1 Å². The summed E-state index contributed by atoms with van der Waals surface area (Å²) in [5.41, 5.74) is 1.69. The standard InChI is InChI=1S/C21H22Cl2N2O3S/c1-14(2)13-28-17-8-6-16(7-9-17)24-21(29)25-20(26)4-3-11-27-19-10-5-15(22)12-18(19)23/h5-10,12H,1,3-4,11,13H2,2H3,(H2,24,25,26,29). The average Bonchev–Trinajstić information content (AvgIpc) is 2.66. The van der Waals surface area contributed by atoms with E-state index in [0.717, 1.165) is 17.0 Å². The minimum atomic E-state index is -0.199. The van der Waals surface area contributed by atoms with E-state index in [-0.39, 0.29) is 17.4 Å². The van der Waals surface area contributed by atoms with Gasteiger partial charge in [-0.25, -0.2) is 0 Å². The van der Waals surface area contributed by atoms with Gasteiger partial charge in [0.05, 0.1) is 11.6 Å². The molecule has 0 saturated heterocycles. The lowest BCUT2D eigenvalue weighted by Gasteiger charge is -2.11. The Balaban J connectivity index is 1.68. The van der Waals surface area contributed by atoms with Crippen LogP contribution in [-0.2, 0) is 4.79 Å². The van der Waals surface area contributed by atoms with Crippen molar-refractivity contribution in [3.8, 4) is 11.5 Å². The number of anilines is 1. The molecule has 154 valence electrons. The number of ether oxygens (including phenoxy) is 2. The summed E-state index contributed by atoms with van der Waals surface area (Å²) in [5.74, 6) is 1.06. The molecule has 2 rings (SSSR count). The first-order chi connectivity index (χ1) is 13.8. The normalized spacial score (nSPS) is 10.2. The first kappa shape index (κ1) is 23.0. The van der Waals surface area contributed by atoms with Gasteiger partial charge in [-0.1, -0.05) is 29.8 Å². The molecule has 0 aliphatic heterocycles. The van der Waals surface area contributed by atoms with Crippen molar-refractivity contribution in [2.45, 2.75) is 19.8 Å². The van der Waals surface area contributed by atoms with E-state index in [2.05, 4.69) is 17.2 Å². The number of benzene rings is 2. The molecule has 0 saturated carbocycles. The molecule has 0 atom stereocenters. The van der Waals surface area contributed by atoms with Crippen LogP contribution in [0.2, 0.25) is 10.0 Å². The maximum atomic E-state index is 12.0. The van der Waals surface area contributed by atoms with Gasteiger partial charge in [-0.05, 0) is 73.6 Å². The number of hydrogen-bond donors (Lipinski definition) is 2. The molecule has 8 heteroatoms. The van der Waals surface area contributed by atoms with Crippen LogP contribution in [0.15, 0.2) is 54.6 Å². The van der Waals surface area contributed by atoms with Crippen molar-refractivity contribution in [1.82, 2.24) is 5.32 Å². The summed E-state index contributed by atoms with van der Waals surface area (Å²) in [7, 11) is 0. The Morgan fingerprint density at radius 1 is 1.14 bits per heavy atom. The van der Waals surface area contributed by atoms with Crippen LogP contribution >= 0.6 is 35.4 Å². The average molecular weight is 453 g/mol. The molecule has 0 heterocycles. The van der Waals surface area contributed by atoms with Gasteiger partial charge >= 0.3 is 0 Å². The monoisotopic (exact) mass is 452 g/mol. The summed E-state index contributed by atoms with van der Waals surface area (Å²) < 4.78 is 11.1. The second kappa shape index (κ2) is 11.7. The number of amides is 1. The Hall–Kier alpha value is -2.28. The number of carbonyl (C=O) groups excluding carboxylic acids is 1. The third kappa shape index (κ3) is 8.73. The lowest BCUT2D eigenvalue weighted by Crippen LogP contribution is -2.34. The molecule has 0 aliphatic rings. The summed E-state index contributed by atoms with van der Waals surface area (Å²) in [6.07, 6.45) is 0.781. The second-order valence-electron chi connectivity index (χ2n) is 6.30. The summed E-state index contributed by atoms with van der Waals surface area (Å²) in [4.78, 5) is 12.0. The topological polar surface area (TPSA) is 59.6 Å². The van der Waals surface area contributed by atoms with Crippen LogP contribution in [0.5, 0.6) is 11.5 Å². The molecular formula is C21H22Cl2N2O3S. The van der Waals surface area contributed by atoms with Crippen molar-refractivity contribution in [3.63, 3.8) is 0 Å². The van der Waals surface area contributed by atoms with E-state index < -0.39 is 0 Å². The van der Waals surface area contributed by atoms with Gasteiger partial charge in [-0.15, -0.1) is 0 Å². The van der Waals surface area contributed by atoms with Gasteiger partial charge in [0.1, 0.15) is 18.1 Å². The highest BCUT2D eigenvalue weighted by Gasteiger charge is 2.07. The van der Waals surface area contributed by atoms with E-state index in [0.29, 0.717) is 35.4 Å². The minimum absolute atomic E-state index is 0.199. The maximum Gasteiger partial charge on any atom is 0.226 e. The molecule has 2 aromatic carbocycles. The smallest absolute Gasteiger partial charge is 0.226 e. The zero-order valence-corrected chi connectivity index (χ0v) is 18.3. The predicted molar refractivity (Wildman–Crippen MR) is 122 cm³/mol. The SMILES string of the molecule is C=C(C)COc1ccc(NC(=S)NC(=O)CCCOc2ccc(Cl)cc2Cl)cc1. The van der Waals surface area contributed by atoms with E-state index >= 15 is 0 Å². The van der Waals surface area contributed by atoms with Crippen molar-refractivity contribution in [2.24, 2.45) is 0 Å². The molecule has 0 bridgehead atoms. The van der Waals surface area contributed by atoms with Gasteiger partial charge in [-0.2, -0.15) is 0 Å². The molecule has 2 N–H and O–H groups in total. The zero-order chi connectivity index (χ0) is 21.2. The van der Waals surface area contributed by atoms with Crippen LogP contribution in [-0.4, -0.2) is 24.2 Å². The first-order valence-electron chi connectivity index (χ1n) is 8.89. The Labute approximate surface area is 186 Å². The zero-order valence-electron chi connectivity index (χ0n) is 16.0. The highest BCUT2D eigenvalue weighted by Crippen LogP contribution is 2.27. The Kier molecular flexibility index (Phi) is 9.25. The molecule has 0 aromatic heterocycles. The quantitative estimate of drug-likeness (QED) is 0.293. The van der Waals surface area contributed by atoms with E-state index in [4.69, 9.17) is 44.9 Å². The van der Waals surface area contributed by atoms with Gasteiger partial charge in [-0.3, -0.25) is 4.79 Å². The van der Waals surface area contributed by atoms with Gasteiger partial charge in [0.15, 0.2) is 5.11 Å². The molecule has 2 aromatic rings. The number of rotatable bonds is 9. The lowest BCUT2D eigenvalue weighted by atomic mass is 10.3. The summed E-state index contributed by atoms with van der Waals surface area (Å²) in [6, 6.07) is 12.3. The molecular weight excluding hydrogens is 431 g/mol. The van der Waals surface area contributed by atoms with E-state index in [9.17, 15) is 4.79 Å². The van der Waals surface area contributed by atoms with Crippen LogP contribution in [0.1, 0.15) is 19.8 Å². The van der Waals surface area contributed by atoms with Crippen molar-refractivity contribution < 1.29 is 14.3 Å². The molecule has 29 heavy (non-hydrogen) atoms. The molecule has 0 fully saturated rings. The van der Waals surface area contributed by atoms with Crippen molar-refractivity contribution in [1.29, 1.82) is 0 Å². The second-order valence-corrected chi connectivity index (χ2v) is 7.55. The Morgan fingerprint density at radius 2 is 1.86 bits per heavy atom. The van der Waals surface area contributed by atoms with Crippen LogP contribution in [0.4, 0.5) is 5.69 Å². The van der Waals surface area contributed by atoms with Gasteiger partial charge in [0.25, 0.3) is 0 Å². The van der Waals surface area contributed by atoms with Crippen LogP contribution in [0, 0.1) is 0 Å². The molecule has 1 amide bonds. The van der Waals surface area contributed by atoms with Crippen LogP contribution < -0.4 is 20.1 Å². The highest BCUT2D eigenvalue weighted by molar-refractivity contribution is 7.80. The van der Waals surface area contributed by atoms with Crippen molar-refractivity contribution in [3.05, 3.63) is 64.7 Å². The van der Waals surface area contributed by atoms with E-state index in [1.807, 2.05) is 31.2 Å². The number of hydrogen-bond acceptors (Lipinski definition) is 4. The number of thiocarbonyl (C=S) groups is 1. The number of halogens is 2. The predicted octanol–water partition coefficient (Wildman–Crippen LogP) is 5.62. The lowest BCUT2D eigenvalue weighted by molar-refractivity contribution is -0.119. The third-order valence-corrected chi connectivity index (χ3v) is 4.28. The van der Waals surface area contributed by atoms with E-state index in [1.165, 1.54) is 0 Å². The number of nitrogens with one attached hydrogen (secondary N) is 2. The largest absolute Gasteiger partial charge is 0.492 e. The fourth-order valence-corrected chi connectivity index (χ4v) is 2.89. The Morgan fingerprint density at radius 3 is 2.52 bits per heavy atom. The van der Waals surface area contributed by atoms with Crippen LogP contribution in [0.3, 0.4) is 0 Å². The minimum Gasteiger partial charge on any atom is -0.492 e. The fourth-order valence-electron chi connectivity index (χ4n) is 2.20. The van der Waals surface area contributed by atoms with Gasteiger partial charge in [0, 0.05) is 17.1 Å². The summed E-state index contributed by atoms with van der Waals surface area (Å²) >= 11 is 17.0. The summed E-state index contributed by atoms with van der Waals surface area (Å²) in [5, 5.41) is 6.80. The molecule has 0 unspecified atom stereocenters. The highest BCUT2D eigenvalue weighted by atomic mass is 35.5. The van der Waals surface area contributed by atoms with Gasteiger partial charge in [0.2, 0.25) is 5.91 Å². The number of carbonyl (C=O) groups is 1. The third-order valence-electron chi connectivity index (χ3n) is 3.55. The van der Waals surface area contributed by atoms with Crippen molar-refractivity contribution in [2.75, 3.05) is 18.5 Å². The maximum absolute atomic E-state index is 12.0. The fraction of sp³-hybridized carbons (Fsp3) is 0.238.